The van der Waals surface area contributed by atoms with Crippen LogP contribution in [0.4, 0.5) is 5.95 Å². The minimum atomic E-state index is -0.366. The molecule has 18 heavy (non-hydrogen) atoms. The molecule has 2 rings (SSSR count). The highest BCUT2D eigenvalue weighted by Gasteiger charge is 2.10. The minimum absolute atomic E-state index is 0.0653. The van der Waals surface area contributed by atoms with Crippen LogP contribution in [0.15, 0.2) is 10.6 Å². The Balaban J connectivity index is 2.03. The zero-order valence-corrected chi connectivity index (χ0v) is 9.97. The standard InChI is InChI=1S/C10H12N6O2/c1-5-3-7(15-10(11)13-5)9(17)12-4-8-14-6(2)18-16-8/h3H,4H2,1-2H3,(H,12,17)(H2,11,13,15). The Bertz CT molecular complexity index is 559. The van der Waals surface area contributed by atoms with E-state index in [1.165, 1.54) is 0 Å². The van der Waals surface area contributed by atoms with Crippen LogP contribution < -0.4 is 11.1 Å². The Morgan fingerprint density at radius 3 is 2.78 bits per heavy atom. The van der Waals surface area contributed by atoms with E-state index in [9.17, 15) is 4.79 Å². The predicted molar refractivity (Wildman–Crippen MR) is 61.4 cm³/mol. The molecule has 0 saturated carbocycles. The summed E-state index contributed by atoms with van der Waals surface area (Å²) in [6, 6.07) is 1.55. The van der Waals surface area contributed by atoms with Gasteiger partial charge in [-0.15, -0.1) is 0 Å². The number of rotatable bonds is 3. The van der Waals surface area contributed by atoms with Gasteiger partial charge in [0.2, 0.25) is 11.8 Å². The van der Waals surface area contributed by atoms with Crippen LogP contribution >= 0.6 is 0 Å². The summed E-state index contributed by atoms with van der Waals surface area (Å²) >= 11 is 0. The third-order valence-electron chi connectivity index (χ3n) is 2.08. The number of aryl methyl sites for hydroxylation is 2. The molecule has 0 aliphatic carbocycles. The van der Waals surface area contributed by atoms with Gasteiger partial charge in [0.15, 0.2) is 5.82 Å². The second kappa shape index (κ2) is 4.78. The van der Waals surface area contributed by atoms with Crippen molar-refractivity contribution in [3.05, 3.63) is 29.2 Å². The number of carbonyl (C=O) groups is 1. The number of carbonyl (C=O) groups excluding carboxylic acids is 1. The van der Waals surface area contributed by atoms with E-state index >= 15 is 0 Å². The maximum absolute atomic E-state index is 11.8. The van der Waals surface area contributed by atoms with Gasteiger partial charge in [-0.1, -0.05) is 5.16 Å². The van der Waals surface area contributed by atoms with Crippen LogP contribution in [-0.4, -0.2) is 26.0 Å². The van der Waals surface area contributed by atoms with E-state index in [1.54, 1.807) is 19.9 Å². The molecule has 0 spiro atoms. The van der Waals surface area contributed by atoms with E-state index in [0.717, 1.165) is 0 Å². The lowest BCUT2D eigenvalue weighted by Crippen LogP contribution is -2.25. The molecule has 0 fully saturated rings. The summed E-state index contributed by atoms with van der Waals surface area (Å²) in [5.41, 5.74) is 6.30. The molecule has 0 bridgehead atoms. The van der Waals surface area contributed by atoms with Crippen LogP contribution in [0.3, 0.4) is 0 Å². The summed E-state index contributed by atoms with van der Waals surface area (Å²) in [5.74, 6) is 0.547. The van der Waals surface area contributed by atoms with Gasteiger partial charge in [-0.25, -0.2) is 9.97 Å². The van der Waals surface area contributed by atoms with E-state index in [-0.39, 0.29) is 24.1 Å². The molecular formula is C10H12N6O2. The fourth-order valence-corrected chi connectivity index (χ4v) is 1.37. The second-order valence-electron chi connectivity index (χ2n) is 3.67. The SMILES string of the molecule is Cc1cc(C(=O)NCc2noc(C)n2)nc(N)n1. The zero-order chi connectivity index (χ0) is 13.1. The van der Waals surface area contributed by atoms with Crippen molar-refractivity contribution in [1.82, 2.24) is 25.4 Å². The van der Waals surface area contributed by atoms with Crippen LogP contribution in [0.25, 0.3) is 0 Å². The van der Waals surface area contributed by atoms with Crippen molar-refractivity contribution in [1.29, 1.82) is 0 Å². The summed E-state index contributed by atoms with van der Waals surface area (Å²) in [6.07, 6.45) is 0. The lowest BCUT2D eigenvalue weighted by Gasteiger charge is -2.03. The third kappa shape index (κ3) is 2.78. The number of hydrogen-bond donors (Lipinski definition) is 2. The highest BCUT2D eigenvalue weighted by molar-refractivity contribution is 5.92. The molecule has 0 unspecified atom stereocenters. The number of nitrogens with two attached hydrogens (primary N) is 1. The molecule has 1 amide bonds. The normalized spacial score (nSPS) is 10.3. The van der Waals surface area contributed by atoms with Gasteiger partial charge in [-0.3, -0.25) is 4.79 Å². The van der Waals surface area contributed by atoms with Crippen molar-refractivity contribution < 1.29 is 9.32 Å². The number of nitrogens with one attached hydrogen (secondary N) is 1. The van der Waals surface area contributed by atoms with Gasteiger partial charge in [-0.05, 0) is 13.0 Å². The first-order valence-electron chi connectivity index (χ1n) is 5.23. The Kier molecular flexibility index (Phi) is 3.18. The van der Waals surface area contributed by atoms with Crippen molar-refractivity contribution >= 4 is 11.9 Å². The smallest absolute Gasteiger partial charge is 0.270 e. The average Bonchev–Trinajstić information content (AvgIpc) is 2.70. The Morgan fingerprint density at radius 1 is 1.39 bits per heavy atom. The molecule has 2 aromatic heterocycles. The van der Waals surface area contributed by atoms with E-state index in [1.807, 2.05) is 0 Å². The molecule has 0 aromatic carbocycles. The number of amides is 1. The molecule has 8 heteroatoms. The van der Waals surface area contributed by atoms with Gasteiger partial charge in [-0.2, -0.15) is 4.98 Å². The van der Waals surface area contributed by atoms with Crippen molar-refractivity contribution in [3.8, 4) is 0 Å². The topological polar surface area (TPSA) is 120 Å². The van der Waals surface area contributed by atoms with Crippen molar-refractivity contribution in [2.45, 2.75) is 20.4 Å². The monoisotopic (exact) mass is 248 g/mol. The van der Waals surface area contributed by atoms with Crippen LogP contribution in [0, 0.1) is 13.8 Å². The first kappa shape index (κ1) is 12.0. The van der Waals surface area contributed by atoms with Crippen LogP contribution in [0.2, 0.25) is 0 Å². The van der Waals surface area contributed by atoms with E-state index in [0.29, 0.717) is 17.4 Å². The van der Waals surface area contributed by atoms with E-state index < -0.39 is 0 Å². The molecule has 8 nitrogen and oxygen atoms in total. The summed E-state index contributed by atoms with van der Waals surface area (Å²) in [7, 11) is 0. The predicted octanol–water partition coefficient (Wildman–Crippen LogP) is -0.0114. The number of nitrogen functional groups attached to an aromatic ring is 1. The maximum atomic E-state index is 11.8. The third-order valence-corrected chi connectivity index (χ3v) is 2.08. The molecule has 0 aliphatic heterocycles. The van der Waals surface area contributed by atoms with Crippen LogP contribution in [-0.2, 0) is 6.54 Å². The number of nitrogens with zero attached hydrogens (tertiary/aromatic N) is 4. The molecule has 3 N–H and O–H groups in total. The summed E-state index contributed by atoms with van der Waals surface area (Å²) in [6.45, 7) is 3.57. The van der Waals surface area contributed by atoms with E-state index in [2.05, 4.69) is 25.4 Å². The zero-order valence-electron chi connectivity index (χ0n) is 9.97. The Hall–Kier alpha value is -2.51. The van der Waals surface area contributed by atoms with Gasteiger partial charge in [0.25, 0.3) is 5.91 Å². The lowest BCUT2D eigenvalue weighted by molar-refractivity contribution is 0.0944. The minimum Gasteiger partial charge on any atom is -0.368 e. The first-order chi connectivity index (χ1) is 8.54. The molecule has 0 radical (unpaired) electrons. The number of hydrogen-bond acceptors (Lipinski definition) is 7. The van der Waals surface area contributed by atoms with E-state index in [4.69, 9.17) is 10.3 Å². The average molecular weight is 248 g/mol. The largest absolute Gasteiger partial charge is 0.368 e. The van der Waals surface area contributed by atoms with Crippen LogP contribution in [0.1, 0.15) is 27.9 Å². The van der Waals surface area contributed by atoms with Crippen molar-refractivity contribution in [2.24, 2.45) is 0 Å². The van der Waals surface area contributed by atoms with Gasteiger partial charge < -0.3 is 15.6 Å². The van der Waals surface area contributed by atoms with Crippen LogP contribution in [0.5, 0.6) is 0 Å². The molecule has 2 heterocycles. The fraction of sp³-hybridized carbons (Fsp3) is 0.300. The van der Waals surface area contributed by atoms with Crippen molar-refractivity contribution in [3.63, 3.8) is 0 Å². The molecule has 0 saturated heterocycles. The Morgan fingerprint density at radius 2 is 2.17 bits per heavy atom. The van der Waals surface area contributed by atoms with Gasteiger partial charge >= 0.3 is 0 Å². The highest BCUT2D eigenvalue weighted by atomic mass is 16.5. The summed E-state index contributed by atoms with van der Waals surface area (Å²) in [4.78, 5) is 23.5. The second-order valence-corrected chi connectivity index (χ2v) is 3.67. The molecule has 2 aromatic rings. The molecule has 94 valence electrons. The molecule has 0 atom stereocenters. The summed E-state index contributed by atoms with van der Waals surface area (Å²) in [5, 5.41) is 6.27. The van der Waals surface area contributed by atoms with Gasteiger partial charge in [0.1, 0.15) is 5.69 Å². The fourth-order valence-electron chi connectivity index (χ4n) is 1.37. The maximum Gasteiger partial charge on any atom is 0.270 e. The lowest BCUT2D eigenvalue weighted by atomic mass is 10.3. The number of anilines is 1. The quantitative estimate of drug-likeness (QED) is 0.783. The molecular weight excluding hydrogens is 236 g/mol. The van der Waals surface area contributed by atoms with Gasteiger partial charge in [0.05, 0.1) is 6.54 Å². The van der Waals surface area contributed by atoms with Crippen molar-refractivity contribution in [2.75, 3.05) is 5.73 Å². The van der Waals surface area contributed by atoms with Gasteiger partial charge in [0, 0.05) is 12.6 Å². The highest BCUT2D eigenvalue weighted by Crippen LogP contribution is 2.02. The molecule has 0 aliphatic rings. The Labute approximate surface area is 103 Å². The summed E-state index contributed by atoms with van der Waals surface area (Å²) < 4.78 is 4.78. The number of aromatic nitrogens is 4. The first-order valence-corrected chi connectivity index (χ1v) is 5.23.